The van der Waals surface area contributed by atoms with Gasteiger partial charge in [-0.05, 0) is 37.8 Å². The van der Waals surface area contributed by atoms with Gasteiger partial charge in [-0.1, -0.05) is 0 Å². The second kappa shape index (κ2) is 5.93. The Bertz CT molecular complexity index is 622. The van der Waals surface area contributed by atoms with Gasteiger partial charge in [-0.2, -0.15) is 5.26 Å². The highest BCUT2D eigenvalue weighted by Gasteiger charge is 2.37. The third-order valence-electron chi connectivity index (χ3n) is 4.15. The molecule has 0 amide bonds. The Morgan fingerprint density at radius 2 is 2.23 bits per heavy atom. The van der Waals surface area contributed by atoms with Gasteiger partial charge in [-0.15, -0.1) is 0 Å². The Kier molecular flexibility index (Phi) is 3.99. The molecule has 2 atom stereocenters. The third-order valence-corrected chi connectivity index (χ3v) is 4.15. The fraction of sp³-hybridized carbons (Fsp3) is 0.562. The van der Waals surface area contributed by atoms with Crippen LogP contribution in [0.4, 0.5) is 5.69 Å². The van der Waals surface area contributed by atoms with E-state index >= 15 is 0 Å². The fourth-order valence-corrected chi connectivity index (χ4v) is 2.92. The minimum absolute atomic E-state index is 0.117. The third kappa shape index (κ3) is 2.90. The minimum atomic E-state index is -0.533. The van der Waals surface area contributed by atoms with Crippen molar-refractivity contribution in [2.75, 3.05) is 25.1 Å². The Labute approximate surface area is 129 Å². The number of carbonyl (C=O) groups is 1. The summed E-state index contributed by atoms with van der Waals surface area (Å²) in [6.07, 6.45) is 2.77. The number of hydrogen-bond acceptors (Lipinski definition) is 6. The zero-order valence-corrected chi connectivity index (χ0v) is 12.8. The van der Waals surface area contributed by atoms with Crippen LogP contribution in [0.2, 0.25) is 0 Å². The van der Waals surface area contributed by atoms with Gasteiger partial charge in [-0.3, -0.25) is 0 Å². The lowest BCUT2D eigenvalue weighted by atomic mass is 10.1. The molecule has 1 aromatic rings. The van der Waals surface area contributed by atoms with E-state index in [-0.39, 0.29) is 23.6 Å². The Hall–Kier alpha value is -2.13. The topological polar surface area (TPSA) is 75.4 Å². The van der Waals surface area contributed by atoms with Crippen LogP contribution in [0.15, 0.2) is 12.1 Å². The number of methoxy groups -OCH3 is 1. The van der Waals surface area contributed by atoms with E-state index in [1.54, 1.807) is 12.1 Å². The van der Waals surface area contributed by atoms with Gasteiger partial charge >= 0.3 is 5.97 Å². The lowest BCUT2D eigenvalue weighted by Crippen LogP contribution is -2.47. The number of aromatic nitrogens is 1. The maximum atomic E-state index is 11.5. The van der Waals surface area contributed by atoms with Gasteiger partial charge in [0.25, 0.3) is 0 Å². The predicted octanol–water partition coefficient (Wildman–Crippen LogP) is 1.74. The molecule has 0 aromatic carbocycles. The summed E-state index contributed by atoms with van der Waals surface area (Å²) in [5.41, 5.74) is 1.17. The van der Waals surface area contributed by atoms with Gasteiger partial charge in [0.1, 0.15) is 11.8 Å². The van der Waals surface area contributed by atoms with Crippen LogP contribution < -0.4 is 4.90 Å². The highest BCUT2D eigenvalue weighted by molar-refractivity contribution is 5.87. The number of carbonyl (C=O) groups excluding carboxylic acids is 1. The summed E-state index contributed by atoms with van der Waals surface area (Å²) >= 11 is 0. The number of rotatable bonds is 3. The molecule has 2 fully saturated rings. The number of ether oxygens (including phenoxy) is 2. The number of morpholine rings is 1. The number of nitrogens with zero attached hydrogens (tertiary/aromatic N) is 3. The molecular formula is C16H19N3O3. The van der Waals surface area contributed by atoms with E-state index in [0.717, 1.165) is 18.8 Å². The first-order valence-corrected chi connectivity index (χ1v) is 7.52. The van der Waals surface area contributed by atoms with Gasteiger partial charge in [0.05, 0.1) is 25.0 Å². The standard InChI is InChI=1S/C16H19N3O3/c1-10-8-19(9-15(22-10)11-3-4-11)14-6-5-12(16(20)21-2)18-13(14)7-17/h5-6,10-11,15H,3-4,8-9H2,1-2H3/t10-,15+/m1/s1. The van der Waals surface area contributed by atoms with Crippen molar-refractivity contribution in [3.05, 3.63) is 23.5 Å². The van der Waals surface area contributed by atoms with E-state index in [1.165, 1.54) is 20.0 Å². The SMILES string of the molecule is COC(=O)c1ccc(N2C[C@@H](C)O[C@H](C3CC3)C2)c(C#N)n1. The van der Waals surface area contributed by atoms with E-state index in [1.807, 2.05) is 6.92 Å². The smallest absolute Gasteiger partial charge is 0.356 e. The number of pyridine rings is 1. The summed E-state index contributed by atoms with van der Waals surface area (Å²) in [4.78, 5) is 17.8. The molecule has 6 heteroatoms. The molecule has 2 aliphatic rings. The predicted molar refractivity (Wildman–Crippen MR) is 79.6 cm³/mol. The first-order chi connectivity index (χ1) is 10.6. The molecule has 22 heavy (non-hydrogen) atoms. The average Bonchev–Trinajstić information content (AvgIpc) is 3.37. The quantitative estimate of drug-likeness (QED) is 0.792. The molecule has 116 valence electrons. The maximum Gasteiger partial charge on any atom is 0.356 e. The van der Waals surface area contributed by atoms with Crippen LogP contribution in [0.5, 0.6) is 0 Å². The summed E-state index contributed by atoms with van der Waals surface area (Å²) < 4.78 is 10.6. The van der Waals surface area contributed by atoms with Gasteiger partial charge in [0, 0.05) is 13.1 Å². The van der Waals surface area contributed by atoms with Crippen LogP contribution in [-0.4, -0.2) is 43.4 Å². The maximum absolute atomic E-state index is 11.5. The number of nitriles is 1. The van der Waals surface area contributed by atoms with E-state index in [4.69, 9.17) is 4.74 Å². The van der Waals surface area contributed by atoms with Crippen molar-refractivity contribution in [1.29, 1.82) is 5.26 Å². The van der Waals surface area contributed by atoms with Crippen LogP contribution in [0.1, 0.15) is 35.9 Å². The van der Waals surface area contributed by atoms with Crippen LogP contribution in [0.25, 0.3) is 0 Å². The summed E-state index contributed by atoms with van der Waals surface area (Å²) in [5, 5.41) is 9.36. The molecule has 6 nitrogen and oxygen atoms in total. The van der Waals surface area contributed by atoms with E-state index in [0.29, 0.717) is 5.92 Å². The highest BCUT2D eigenvalue weighted by Crippen LogP contribution is 2.37. The fourth-order valence-electron chi connectivity index (χ4n) is 2.92. The molecule has 1 aliphatic heterocycles. The van der Waals surface area contributed by atoms with Gasteiger partial charge in [0.2, 0.25) is 0 Å². The molecule has 1 aliphatic carbocycles. The van der Waals surface area contributed by atoms with E-state index in [9.17, 15) is 10.1 Å². The molecular weight excluding hydrogens is 282 g/mol. The summed E-state index contributed by atoms with van der Waals surface area (Å²) in [6.45, 7) is 3.53. The van der Waals surface area contributed by atoms with Crippen molar-refractivity contribution < 1.29 is 14.3 Å². The molecule has 0 unspecified atom stereocenters. The van der Waals surface area contributed by atoms with Crippen molar-refractivity contribution in [2.45, 2.75) is 32.0 Å². The summed E-state index contributed by atoms with van der Waals surface area (Å²) in [6, 6.07) is 5.47. The second-order valence-electron chi connectivity index (χ2n) is 5.90. The van der Waals surface area contributed by atoms with Crippen molar-refractivity contribution in [3.63, 3.8) is 0 Å². The van der Waals surface area contributed by atoms with Crippen molar-refractivity contribution in [2.24, 2.45) is 5.92 Å². The van der Waals surface area contributed by atoms with Crippen molar-refractivity contribution in [3.8, 4) is 6.07 Å². The van der Waals surface area contributed by atoms with Crippen LogP contribution in [0.3, 0.4) is 0 Å². The van der Waals surface area contributed by atoms with Gasteiger partial charge in [-0.25, -0.2) is 9.78 Å². The zero-order chi connectivity index (χ0) is 15.7. The Morgan fingerprint density at radius 3 is 2.86 bits per heavy atom. The highest BCUT2D eigenvalue weighted by atomic mass is 16.5. The molecule has 1 saturated heterocycles. The molecule has 0 bridgehead atoms. The lowest BCUT2D eigenvalue weighted by Gasteiger charge is -2.38. The number of hydrogen-bond donors (Lipinski definition) is 0. The monoisotopic (exact) mass is 301 g/mol. The molecule has 3 rings (SSSR count). The Balaban J connectivity index is 1.86. The minimum Gasteiger partial charge on any atom is -0.464 e. The second-order valence-corrected chi connectivity index (χ2v) is 5.90. The summed E-state index contributed by atoms with van der Waals surface area (Å²) in [5.74, 6) is 0.104. The largest absolute Gasteiger partial charge is 0.464 e. The van der Waals surface area contributed by atoms with Crippen LogP contribution >= 0.6 is 0 Å². The molecule has 0 spiro atoms. The van der Waals surface area contributed by atoms with Gasteiger partial charge < -0.3 is 14.4 Å². The van der Waals surface area contributed by atoms with Crippen molar-refractivity contribution in [1.82, 2.24) is 4.98 Å². The first kappa shape index (κ1) is 14.8. The zero-order valence-electron chi connectivity index (χ0n) is 12.8. The van der Waals surface area contributed by atoms with E-state index < -0.39 is 5.97 Å². The van der Waals surface area contributed by atoms with Crippen LogP contribution in [0, 0.1) is 17.2 Å². The molecule has 2 heterocycles. The number of esters is 1. The van der Waals surface area contributed by atoms with Crippen LogP contribution in [-0.2, 0) is 9.47 Å². The van der Waals surface area contributed by atoms with Gasteiger partial charge in [0.15, 0.2) is 5.69 Å². The lowest BCUT2D eigenvalue weighted by molar-refractivity contribution is -0.0271. The first-order valence-electron chi connectivity index (χ1n) is 7.52. The average molecular weight is 301 g/mol. The van der Waals surface area contributed by atoms with E-state index in [2.05, 4.69) is 20.7 Å². The Morgan fingerprint density at radius 1 is 1.45 bits per heavy atom. The molecule has 0 N–H and O–H groups in total. The molecule has 1 saturated carbocycles. The molecule has 1 aromatic heterocycles. The molecule has 0 radical (unpaired) electrons. The normalized spacial score (nSPS) is 24.7. The summed E-state index contributed by atoms with van der Waals surface area (Å²) in [7, 11) is 1.30. The van der Waals surface area contributed by atoms with Crippen molar-refractivity contribution >= 4 is 11.7 Å². The number of anilines is 1.